The molecule has 0 aliphatic heterocycles. The molecule has 1 aromatic carbocycles. The van der Waals surface area contributed by atoms with Gasteiger partial charge in [0.15, 0.2) is 0 Å². The monoisotopic (exact) mass is 294 g/mol. The summed E-state index contributed by atoms with van der Waals surface area (Å²) in [5, 5.41) is -0.696. The van der Waals surface area contributed by atoms with Crippen LogP contribution in [0.3, 0.4) is 0 Å². The minimum Gasteiger partial charge on any atom is -0.318 e. The molecule has 1 unspecified atom stereocenters. The van der Waals surface area contributed by atoms with E-state index in [-0.39, 0.29) is 22.4 Å². The van der Waals surface area contributed by atoms with Crippen LogP contribution in [0.15, 0.2) is 12.1 Å². The highest BCUT2D eigenvalue weighted by molar-refractivity contribution is 6.20. The number of hydrogen-bond donors (Lipinski definition) is 0. The number of halogens is 5. The minimum absolute atomic E-state index is 0.0824. The maximum absolute atomic E-state index is 13.4. The minimum atomic E-state index is -4.39. The van der Waals surface area contributed by atoms with Crippen molar-refractivity contribution in [3.05, 3.63) is 29.3 Å². The molecule has 0 saturated heterocycles. The molecular formula is C12H11ClF4N2. The van der Waals surface area contributed by atoms with Gasteiger partial charge in [-0.05, 0) is 25.5 Å². The van der Waals surface area contributed by atoms with Crippen molar-refractivity contribution < 1.29 is 17.6 Å². The number of benzene rings is 1. The van der Waals surface area contributed by atoms with E-state index in [1.54, 1.807) is 0 Å². The molecule has 7 heteroatoms. The Labute approximate surface area is 112 Å². The Bertz CT molecular complexity index is 616. The Morgan fingerprint density at radius 3 is 2.53 bits per heavy atom. The van der Waals surface area contributed by atoms with Crippen molar-refractivity contribution in [1.29, 1.82) is 0 Å². The predicted molar refractivity (Wildman–Crippen MR) is 64.8 cm³/mol. The molecule has 1 heterocycles. The van der Waals surface area contributed by atoms with Gasteiger partial charge >= 0.3 is 6.18 Å². The van der Waals surface area contributed by atoms with Crippen LogP contribution in [0, 0.1) is 12.7 Å². The van der Waals surface area contributed by atoms with Crippen LogP contribution in [0.2, 0.25) is 0 Å². The first-order valence-electron chi connectivity index (χ1n) is 5.56. The van der Waals surface area contributed by atoms with Crippen LogP contribution < -0.4 is 0 Å². The van der Waals surface area contributed by atoms with Crippen LogP contribution in [0.4, 0.5) is 17.6 Å². The molecule has 2 nitrogen and oxygen atoms in total. The second kappa shape index (κ2) is 4.67. The highest BCUT2D eigenvalue weighted by atomic mass is 35.5. The second-order valence-electron chi connectivity index (χ2n) is 4.38. The van der Waals surface area contributed by atoms with Crippen LogP contribution in [0.25, 0.3) is 11.0 Å². The molecule has 104 valence electrons. The SMILES string of the molecule is Cc1cc2c(cc1F)nc(C(C)Cl)n2CC(F)(F)F. The lowest BCUT2D eigenvalue weighted by molar-refractivity contribution is -0.140. The van der Waals surface area contributed by atoms with Gasteiger partial charge in [-0.15, -0.1) is 11.6 Å². The average Bonchev–Trinajstić information content (AvgIpc) is 2.56. The molecule has 0 aliphatic carbocycles. The van der Waals surface area contributed by atoms with Gasteiger partial charge in [-0.25, -0.2) is 9.37 Å². The normalized spacial score (nSPS) is 14.1. The third kappa shape index (κ3) is 2.83. The summed E-state index contributed by atoms with van der Waals surface area (Å²) in [6.45, 7) is 1.82. The van der Waals surface area contributed by atoms with Crippen LogP contribution in [0.1, 0.15) is 23.7 Å². The zero-order valence-electron chi connectivity index (χ0n) is 10.2. The van der Waals surface area contributed by atoms with E-state index in [1.165, 1.54) is 19.9 Å². The number of imidazole rings is 1. The van der Waals surface area contributed by atoms with E-state index in [1.807, 2.05) is 0 Å². The van der Waals surface area contributed by atoms with E-state index < -0.39 is 23.9 Å². The number of fused-ring (bicyclic) bond motifs is 1. The lowest BCUT2D eigenvalue weighted by Gasteiger charge is -2.13. The molecule has 19 heavy (non-hydrogen) atoms. The number of alkyl halides is 4. The Morgan fingerprint density at radius 1 is 1.37 bits per heavy atom. The molecule has 0 aliphatic rings. The van der Waals surface area contributed by atoms with Gasteiger partial charge < -0.3 is 4.57 Å². The number of rotatable bonds is 2. The summed E-state index contributed by atoms with van der Waals surface area (Å²) < 4.78 is 52.2. The number of nitrogens with zero attached hydrogens (tertiary/aromatic N) is 2. The molecule has 1 atom stereocenters. The Balaban J connectivity index is 2.69. The van der Waals surface area contributed by atoms with Crippen molar-refractivity contribution in [1.82, 2.24) is 9.55 Å². The van der Waals surface area contributed by atoms with Crippen molar-refractivity contribution in [2.75, 3.05) is 0 Å². The topological polar surface area (TPSA) is 17.8 Å². The first kappa shape index (κ1) is 14.1. The summed E-state index contributed by atoms with van der Waals surface area (Å²) in [5.41, 5.74) is 0.679. The van der Waals surface area contributed by atoms with Crippen LogP contribution in [0.5, 0.6) is 0 Å². The van der Waals surface area contributed by atoms with E-state index in [2.05, 4.69) is 4.98 Å². The van der Waals surface area contributed by atoms with Crippen molar-refractivity contribution >= 4 is 22.6 Å². The molecule has 2 aromatic rings. The van der Waals surface area contributed by atoms with Gasteiger partial charge in [-0.2, -0.15) is 13.2 Å². The van der Waals surface area contributed by atoms with Gasteiger partial charge in [-0.1, -0.05) is 0 Å². The molecule has 0 N–H and O–H groups in total. The molecule has 1 aromatic heterocycles. The third-order valence-corrected chi connectivity index (χ3v) is 2.95. The molecule has 0 saturated carbocycles. The molecule has 0 radical (unpaired) electrons. The Kier molecular flexibility index (Phi) is 3.47. The predicted octanol–water partition coefficient (Wildman–Crippen LogP) is 4.35. The largest absolute Gasteiger partial charge is 0.406 e. The first-order valence-corrected chi connectivity index (χ1v) is 6.00. The summed E-state index contributed by atoms with van der Waals surface area (Å²) in [6, 6.07) is 2.48. The number of aromatic nitrogens is 2. The maximum Gasteiger partial charge on any atom is 0.406 e. The smallest absolute Gasteiger partial charge is 0.318 e. The molecule has 0 bridgehead atoms. The maximum atomic E-state index is 13.4. The fourth-order valence-electron chi connectivity index (χ4n) is 1.92. The third-order valence-electron chi connectivity index (χ3n) is 2.75. The van der Waals surface area contributed by atoms with Gasteiger partial charge in [0.2, 0.25) is 0 Å². The van der Waals surface area contributed by atoms with Gasteiger partial charge in [0, 0.05) is 6.07 Å². The molecule has 0 fully saturated rings. The second-order valence-corrected chi connectivity index (χ2v) is 5.03. The van der Waals surface area contributed by atoms with Crippen LogP contribution in [-0.2, 0) is 6.54 Å². The van der Waals surface area contributed by atoms with E-state index in [0.29, 0.717) is 0 Å². The Morgan fingerprint density at radius 2 is 2.00 bits per heavy atom. The van der Waals surface area contributed by atoms with Crippen molar-refractivity contribution in [3.8, 4) is 0 Å². The zero-order chi connectivity index (χ0) is 14.4. The number of aryl methyl sites for hydroxylation is 1. The summed E-state index contributed by atoms with van der Waals surface area (Å²) in [5.74, 6) is -0.420. The molecular weight excluding hydrogens is 284 g/mol. The van der Waals surface area contributed by atoms with Crippen LogP contribution in [-0.4, -0.2) is 15.7 Å². The quantitative estimate of drug-likeness (QED) is 0.595. The number of hydrogen-bond acceptors (Lipinski definition) is 1. The van der Waals surface area contributed by atoms with Crippen molar-refractivity contribution in [3.63, 3.8) is 0 Å². The highest BCUT2D eigenvalue weighted by Crippen LogP contribution is 2.29. The standard InChI is InChI=1S/C12H11ClF4N2/c1-6-3-10-9(4-8(6)14)18-11(7(2)13)19(10)5-12(15,16)17/h3-4,7H,5H2,1-2H3. The lowest BCUT2D eigenvalue weighted by Crippen LogP contribution is -2.19. The van der Waals surface area contributed by atoms with Gasteiger partial charge in [0.1, 0.15) is 18.2 Å². The van der Waals surface area contributed by atoms with E-state index >= 15 is 0 Å². The average molecular weight is 295 g/mol. The fraction of sp³-hybridized carbons (Fsp3) is 0.417. The van der Waals surface area contributed by atoms with Crippen LogP contribution >= 0.6 is 11.6 Å². The van der Waals surface area contributed by atoms with Crippen molar-refractivity contribution in [2.45, 2.75) is 31.9 Å². The molecule has 0 spiro atoms. The zero-order valence-corrected chi connectivity index (χ0v) is 11.0. The molecule has 2 rings (SSSR count). The van der Waals surface area contributed by atoms with Crippen molar-refractivity contribution in [2.24, 2.45) is 0 Å². The molecule has 0 amide bonds. The van der Waals surface area contributed by atoms with E-state index in [9.17, 15) is 17.6 Å². The summed E-state index contributed by atoms with van der Waals surface area (Å²) in [7, 11) is 0. The summed E-state index contributed by atoms with van der Waals surface area (Å²) in [4.78, 5) is 3.99. The van der Waals surface area contributed by atoms with E-state index in [0.717, 1.165) is 10.6 Å². The van der Waals surface area contributed by atoms with E-state index in [4.69, 9.17) is 11.6 Å². The van der Waals surface area contributed by atoms with Gasteiger partial charge in [-0.3, -0.25) is 0 Å². The van der Waals surface area contributed by atoms with Gasteiger partial charge in [0.25, 0.3) is 0 Å². The first-order chi connectivity index (χ1) is 8.69. The van der Waals surface area contributed by atoms with Gasteiger partial charge in [0.05, 0.1) is 16.4 Å². The highest BCUT2D eigenvalue weighted by Gasteiger charge is 2.31. The lowest BCUT2D eigenvalue weighted by atomic mass is 10.2. The summed E-state index contributed by atoms with van der Waals surface area (Å²) in [6.07, 6.45) is -4.39. The summed E-state index contributed by atoms with van der Waals surface area (Å²) >= 11 is 5.84. The Hall–Kier alpha value is -1.30. The fourth-order valence-corrected chi connectivity index (χ4v) is 2.08.